The number of benzene rings is 1. The Kier molecular flexibility index (Phi) is 3.41. The highest BCUT2D eigenvalue weighted by atomic mass is 16.5. The molecule has 0 unspecified atom stereocenters. The Morgan fingerprint density at radius 1 is 1.48 bits per heavy atom. The number of methoxy groups -OCH3 is 1. The molecule has 0 saturated carbocycles. The Balaban J connectivity index is 2.12. The molecule has 0 saturated heterocycles. The van der Waals surface area contributed by atoms with Crippen LogP contribution in [0.1, 0.15) is 17.7 Å². The molecule has 21 heavy (non-hydrogen) atoms. The molecule has 0 bridgehead atoms. The molecule has 0 radical (unpaired) electrons. The van der Waals surface area contributed by atoms with Crippen molar-refractivity contribution in [3.8, 4) is 5.75 Å². The van der Waals surface area contributed by atoms with Crippen molar-refractivity contribution in [1.29, 1.82) is 0 Å². The van der Waals surface area contributed by atoms with Crippen molar-refractivity contribution in [2.45, 2.75) is 19.8 Å². The number of aryl methyl sites for hydroxylation is 1. The lowest BCUT2D eigenvalue weighted by atomic mass is 10.1. The van der Waals surface area contributed by atoms with Gasteiger partial charge in [0.2, 0.25) is 0 Å². The van der Waals surface area contributed by atoms with Gasteiger partial charge in [-0.2, -0.15) is 0 Å². The zero-order valence-electron chi connectivity index (χ0n) is 12.2. The summed E-state index contributed by atoms with van der Waals surface area (Å²) in [4.78, 5) is 17.6. The summed E-state index contributed by atoms with van der Waals surface area (Å²) in [5, 5.41) is 9.95. The fourth-order valence-corrected chi connectivity index (χ4v) is 2.98. The molecule has 5 nitrogen and oxygen atoms in total. The van der Waals surface area contributed by atoms with Crippen LogP contribution in [0, 0.1) is 6.92 Å². The number of carboxylic acid groups (broad SMARTS) is 1. The van der Waals surface area contributed by atoms with Gasteiger partial charge in [-0.25, -0.2) is 0 Å². The predicted octanol–water partition coefficient (Wildman–Crippen LogP) is 2.39. The Bertz CT molecular complexity index is 712. The summed E-state index contributed by atoms with van der Waals surface area (Å²) in [6.07, 6.45) is 1.06. The van der Waals surface area contributed by atoms with Crippen LogP contribution >= 0.6 is 0 Å². The van der Waals surface area contributed by atoms with E-state index in [1.807, 2.05) is 25.1 Å². The van der Waals surface area contributed by atoms with Crippen LogP contribution in [0.15, 0.2) is 18.2 Å². The smallest absolute Gasteiger partial charge is 0.305 e. The van der Waals surface area contributed by atoms with Gasteiger partial charge in [-0.3, -0.25) is 9.78 Å². The van der Waals surface area contributed by atoms with Gasteiger partial charge in [-0.05, 0) is 37.1 Å². The minimum atomic E-state index is -0.767. The number of ether oxygens (including phenoxy) is 1. The average molecular weight is 286 g/mol. The summed E-state index contributed by atoms with van der Waals surface area (Å²) in [5.41, 5.74) is 4.30. The van der Waals surface area contributed by atoms with Crippen molar-refractivity contribution in [2.24, 2.45) is 0 Å². The Labute approximate surface area is 123 Å². The summed E-state index contributed by atoms with van der Waals surface area (Å²) >= 11 is 0. The highest BCUT2D eigenvalue weighted by molar-refractivity contribution is 5.96. The predicted molar refractivity (Wildman–Crippen MR) is 81.2 cm³/mol. The molecule has 110 valence electrons. The molecule has 0 amide bonds. The molecule has 2 aromatic rings. The topological polar surface area (TPSA) is 62.7 Å². The zero-order chi connectivity index (χ0) is 15.0. The summed E-state index contributed by atoms with van der Waals surface area (Å²) in [5.74, 6) is 0.0246. The number of hydrogen-bond acceptors (Lipinski definition) is 4. The van der Waals surface area contributed by atoms with Gasteiger partial charge in [0.1, 0.15) is 5.75 Å². The summed E-state index contributed by atoms with van der Waals surface area (Å²) in [6.45, 7) is 3.39. The van der Waals surface area contributed by atoms with Gasteiger partial charge in [-0.1, -0.05) is 0 Å². The van der Waals surface area contributed by atoms with Gasteiger partial charge < -0.3 is 14.7 Å². The molecule has 3 rings (SSSR count). The molecule has 0 atom stereocenters. The second-order valence-electron chi connectivity index (χ2n) is 5.29. The lowest BCUT2D eigenvalue weighted by Gasteiger charge is -2.20. The maximum atomic E-state index is 10.8. The molecule has 0 spiro atoms. The number of nitrogens with zero attached hydrogens (tertiary/aromatic N) is 2. The van der Waals surface area contributed by atoms with Crippen molar-refractivity contribution in [3.05, 3.63) is 29.5 Å². The highest BCUT2D eigenvalue weighted by Crippen LogP contribution is 2.38. The minimum absolute atomic E-state index is 0.145. The van der Waals surface area contributed by atoms with Gasteiger partial charge in [0.15, 0.2) is 0 Å². The lowest BCUT2D eigenvalue weighted by Crippen LogP contribution is -2.24. The number of rotatable bonds is 4. The van der Waals surface area contributed by atoms with Crippen LogP contribution in [0.5, 0.6) is 5.75 Å². The maximum absolute atomic E-state index is 10.8. The number of hydrogen-bond donors (Lipinski definition) is 1. The van der Waals surface area contributed by atoms with Crippen molar-refractivity contribution >= 4 is 22.6 Å². The normalized spacial score (nSPS) is 13.5. The van der Waals surface area contributed by atoms with E-state index in [0.717, 1.165) is 41.0 Å². The molecule has 0 fully saturated rings. The van der Waals surface area contributed by atoms with E-state index < -0.39 is 5.97 Å². The fourth-order valence-electron chi connectivity index (χ4n) is 2.98. The van der Waals surface area contributed by atoms with Gasteiger partial charge in [0.25, 0.3) is 0 Å². The van der Waals surface area contributed by atoms with Crippen LogP contribution < -0.4 is 9.64 Å². The van der Waals surface area contributed by atoms with E-state index in [2.05, 4.69) is 9.88 Å². The number of pyridine rings is 1. The number of anilines is 1. The van der Waals surface area contributed by atoms with Crippen LogP contribution in [-0.2, 0) is 11.2 Å². The first-order valence-corrected chi connectivity index (χ1v) is 7.04. The van der Waals surface area contributed by atoms with Crippen LogP contribution in [0.4, 0.5) is 5.69 Å². The summed E-state index contributed by atoms with van der Waals surface area (Å²) in [6, 6.07) is 5.84. The van der Waals surface area contributed by atoms with Crippen molar-refractivity contribution in [2.75, 3.05) is 25.1 Å². The molecule has 1 aliphatic heterocycles. The van der Waals surface area contributed by atoms with Crippen LogP contribution in [0.2, 0.25) is 0 Å². The standard InChI is InChI=1S/C16H18N2O3/c1-10-12-5-7-18(8-6-15(19)20)16(12)13-9-11(21-2)3-4-14(13)17-10/h3-4,9H,5-8H2,1-2H3,(H,19,20). The first-order chi connectivity index (χ1) is 10.1. The number of carboxylic acids is 1. The van der Waals surface area contributed by atoms with E-state index in [1.54, 1.807) is 7.11 Å². The van der Waals surface area contributed by atoms with Crippen LogP contribution in [0.25, 0.3) is 10.9 Å². The Morgan fingerprint density at radius 2 is 2.29 bits per heavy atom. The third-order valence-electron chi connectivity index (χ3n) is 4.01. The Hall–Kier alpha value is -2.30. The largest absolute Gasteiger partial charge is 0.497 e. The third kappa shape index (κ3) is 2.39. The molecule has 1 aromatic carbocycles. The molecule has 5 heteroatoms. The van der Waals surface area contributed by atoms with Crippen LogP contribution in [0.3, 0.4) is 0 Å². The average Bonchev–Trinajstić information content (AvgIpc) is 2.90. The molecular weight excluding hydrogens is 268 g/mol. The first-order valence-electron chi connectivity index (χ1n) is 7.04. The molecule has 1 aliphatic rings. The van der Waals surface area contributed by atoms with Gasteiger partial charge in [0, 0.05) is 24.2 Å². The lowest BCUT2D eigenvalue weighted by molar-refractivity contribution is -0.136. The van der Waals surface area contributed by atoms with E-state index in [1.165, 1.54) is 5.56 Å². The SMILES string of the molecule is COc1ccc2nc(C)c3c(c2c1)N(CCC(=O)O)CC3. The van der Waals surface area contributed by atoms with E-state index >= 15 is 0 Å². The molecule has 0 aliphatic carbocycles. The molecular formula is C16H18N2O3. The van der Waals surface area contributed by atoms with E-state index in [0.29, 0.717) is 6.54 Å². The van der Waals surface area contributed by atoms with Gasteiger partial charge >= 0.3 is 5.97 Å². The molecule has 2 heterocycles. The number of aromatic nitrogens is 1. The van der Waals surface area contributed by atoms with Crippen molar-refractivity contribution in [3.63, 3.8) is 0 Å². The molecule has 1 aromatic heterocycles. The third-order valence-corrected chi connectivity index (χ3v) is 4.01. The first kappa shape index (κ1) is 13.7. The second kappa shape index (κ2) is 5.24. The monoisotopic (exact) mass is 286 g/mol. The number of fused-ring (bicyclic) bond motifs is 3. The van der Waals surface area contributed by atoms with E-state index in [-0.39, 0.29) is 6.42 Å². The van der Waals surface area contributed by atoms with Crippen molar-refractivity contribution < 1.29 is 14.6 Å². The highest BCUT2D eigenvalue weighted by Gasteiger charge is 2.25. The minimum Gasteiger partial charge on any atom is -0.497 e. The Morgan fingerprint density at radius 3 is 3.00 bits per heavy atom. The summed E-state index contributed by atoms with van der Waals surface area (Å²) < 4.78 is 5.31. The summed E-state index contributed by atoms with van der Waals surface area (Å²) in [7, 11) is 1.64. The van der Waals surface area contributed by atoms with E-state index in [9.17, 15) is 4.79 Å². The van der Waals surface area contributed by atoms with E-state index in [4.69, 9.17) is 9.84 Å². The number of aliphatic carboxylic acids is 1. The quantitative estimate of drug-likeness (QED) is 0.935. The second-order valence-corrected chi connectivity index (χ2v) is 5.29. The zero-order valence-corrected chi connectivity index (χ0v) is 12.2. The maximum Gasteiger partial charge on any atom is 0.305 e. The number of carbonyl (C=O) groups is 1. The molecule has 1 N–H and O–H groups in total. The fraction of sp³-hybridized carbons (Fsp3) is 0.375. The van der Waals surface area contributed by atoms with Crippen molar-refractivity contribution in [1.82, 2.24) is 4.98 Å². The van der Waals surface area contributed by atoms with Gasteiger partial charge in [0.05, 0.1) is 24.7 Å². The van der Waals surface area contributed by atoms with Crippen LogP contribution in [-0.4, -0.2) is 36.3 Å². The van der Waals surface area contributed by atoms with Gasteiger partial charge in [-0.15, -0.1) is 0 Å².